The Morgan fingerprint density at radius 1 is 0.903 bits per heavy atom. The van der Waals surface area contributed by atoms with Crippen molar-refractivity contribution in [3.63, 3.8) is 0 Å². The summed E-state index contributed by atoms with van der Waals surface area (Å²) in [4.78, 5) is 17.2. The number of hydrogen-bond acceptors (Lipinski definition) is 2. The molecule has 0 fully saturated rings. The van der Waals surface area contributed by atoms with Crippen LogP contribution < -0.4 is 5.32 Å². The Bertz CT molecular complexity index is 1140. The van der Waals surface area contributed by atoms with Crippen LogP contribution in [0.5, 0.6) is 0 Å². The lowest BCUT2D eigenvalue weighted by Gasteiger charge is -2.12. The van der Waals surface area contributed by atoms with Gasteiger partial charge in [0.2, 0.25) is 5.91 Å². The van der Waals surface area contributed by atoms with Gasteiger partial charge in [-0.15, -0.1) is 0 Å². The van der Waals surface area contributed by atoms with Gasteiger partial charge in [0.15, 0.2) is 0 Å². The lowest BCUT2D eigenvalue weighted by atomic mass is 10.0. The van der Waals surface area contributed by atoms with Crippen molar-refractivity contribution >= 4 is 16.9 Å². The van der Waals surface area contributed by atoms with Crippen LogP contribution >= 0.6 is 0 Å². The molecule has 0 saturated heterocycles. The van der Waals surface area contributed by atoms with Crippen molar-refractivity contribution in [2.45, 2.75) is 45.7 Å². The molecule has 3 aromatic carbocycles. The minimum atomic E-state index is 0.0451. The molecular weight excluding hydrogens is 382 g/mol. The largest absolute Gasteiger partial charge is 0.349 e. The summed E-state index contributed by atoms with van der Waals surface area (Å²) in [5, 5.41) is 3.06. The molecule has 158 valence electrons. The monoisotopic (exact) mass is 411 g/mol. The van der Waals surface area contributed by atoms with Crippen LogP contribution in [0.2, 0.25) is 0 Å². The molecule has 1 amide bonds. The van der Waals surface area contributed by atoms with Crippen molar-refractivity contribution < 1.29 is 4.79 Å². The van der Waals surface area contributed by atoms with E-state index in [-0.39, 0.29) is 5.91 Å². The Kier molecular flexibility index (Phi) is 6.46. The summed E-state index contributed by atoms with van der Waals surface area (Å²) in [6.07, 6.45) is 1.21. The van der Waals surface area contributed by atoms with E-state index in [4.69, 9.17) is 4.98 Å². The number of carbonyl (C=O) groups excluding carboxylic acids is 1. The molecule has 4 rings (SSSR count). The lowest BCUT2D eigenvalue weighted by Crippen LogP contribution is -2.25. The minimum absolute atomic E-state index is 0.0451. The second-order valence-corrected chi connectivity index (χ2v) is 8.26. The fourth-order valence-corrected chi connectivity index (χ4v) is 3.80. The molecule has 1 aromatic heterocycles. The van der Waals surface area contributed by atoms with Gasteiger partial charge in [-0.3, -0.25) is 4.79 Å². The molecule has 0 unspecified atom stereocenters. The number of fused-ring (bicyclic) bond motifs is 1. The number of para-hydroxylation sites is 2. The molecule has 0 spiro atoms. The zero-order valence-corrected chi connectivity index (χ0v) is 18.2. The van der Waals surface area contributed by atoms with E-state index in [1.807, 2.05) is 36.4 Å². The fraction of sp³-hybridized carbons (Fsp3) is 0.259. The number of nitrogens with zero attached hydrogens (tertiary/aromatic N) is 2. The molecule has 0 aliphatic carbocycles. The molecule has 0 aliphatic heterocycles. The Balaban J connectivity index is 1.47. The number of benzene rings is 3. The molecule has 4 aromatic rings. The van der Waals surface area contributed by atoms with Crippen LogP contribution in [-0.4, -0.2) is 15.5 Å². The molecule has 0 saturated carbocycles. The summed E-state index contributed by atoms with van der Waals surface area (Å²) in [6, 6.07) is 27.0. The van der Waals surface area contributed by atoms with E-state index in [1.165, 1.54) is 16.7 Å². The first kappa shape index (κ1) is 20.9. The number of nitrogens with one attached hydrogen (secondary N) is 1. The molecule has 4 nitrogen and oxygen atoms in total. The first-order valence-electron chi connectivity index (χ1n) is 10.9. The van der Waals surface area contributed by atoms with E-state index in [9.17, 15) is 4.79 Å². The summed E-state index contributed by atoms with van der Waals surface area (Å²) < 4.78 is 2.21. The van der Waals surface area contributed by atoms with Crippen LogP contribution in [0, 0.1) is 0 Å². The molecule has 1 heterocycles. The van der Waals surface area contributed by atoms with Gasteiger partial charge < -0.3 is 9.88 Å². The van der Waals surface area contributed by atoms with Crippen LogP contribution in [0.15, 0.2) is 78.9 Å². The standard InChI is InChI=1S/C27H29N3O/c1-20(2)23-15-12-22(13-16-23)19-30-25-11-7-6-10-24(25)29-26(30)18-28-27(31)17-14-21-8-4-3-5-9-21/h3-13,15-16,20H,14,17-19H2,1-2H3,(H,28,31). The summed E-state index contributed by atoms with van der Waals surface area (Å²) in [5.74, 6) is 1.44. The van der Waals surface area contributed by atoms with Gasteiger partial charge in [-0.05, 0) is 41.2 Å². The van der Waals surface area contributed by atoms with Gasteiger partial charge in [-0.25, -0.2) is 4.98 Å². The smallest absolute Gasteiger partial charge is 0.220 e. The third kappa shape index (κ3) is 5.21. The highest BCUT2D eigenvalue weighted by molar-refractivity contribution is 5.77. The Hall–Kier alpha value is -3.40. The highest BCUT2D eigenvalue weighted by Gasteiger charge is 2.12. The van der Waals surface area contributed by atoms with E-state index in [1.54, 1.807) is 0 Å². The molecule has 31 heavy (non-hydrogen) atoms. The Labute approximate surface area is 183 Å². The number of aryl methyl sites for hydroxylation is 1. The maximum Gasteiger partial charge on any atom is 0.220 e. The van der Waals surface area contributed by atoms with Crippen LogP contribution in [0.4, 0.5) is 0 Å². The van der Waals surface area contributed by atoms with E-state index in [0.717, 1.165) is 29.8 Å². The SMILES string of the molecule is CC(C)c1ccc(Cn2c(CNC(=O)CCc3ccccc3)nc3ccccc32)cc1. The number of rotatable bonds is 8. The molecule has 0 aliphatic rings. The summed E-state index contributed by atoms with van der Waals surface area (Å²) >= 11 is 0. The van der Waals surface area contributed by atoms with Gasteiger partial charge in [0.25, 0.3) is 0 Å². The van der Waals surface area contributed by atoms with E-state index in [0.29, 0.717) is 18.9 Å². The number of aromatic nitrogens is 2. The number of hydrogen-bond donors (Lipinski definition) is 1. The summed E-state index contributed by atoms with van der Waals surface area (Å²) in [6.45, 7) is 5.56. The van der Waals surface area contributed by atoms with E-state index in [2.05, 4.69) is 66.2 Å². The molecule has 0 radical (unpaired) electrons. The molecule has 4 heteroatoms. The summed E-state index contributed by atoms with van der Waals surface area (Å²) in [5.41, 5.74) is 5.78. The normalized spacial score (nSPS) is 11.2. The van der Waals surface area contributed by atoms with Crippen LogP contribution in [0.1, 0.15) is 48.7 Å². The molecular formula is C27H29N3O. The van der Waals surface area contributed by atoms with Crippen molar-refractivity contribution in [1.29, 1.82) is 0 Å². The van der Waals surface area contributed by atoms with Gasteiger partial charge in [-0.2, -0.15) is 0 Å². The molecule has 0 bridgehead atoms. The number of amides is 1. The Morgan fingerprint density at radius 2 is 1.61 bits per heavy atom. The van der Waals surface area contributed by atoms with Crippen LogP contribution in [-0.2, 0) is 24.3 Å². The first-order chi connectivity index (χ1) is 15.1. The predicted molar refractivity (Wildman–Crippen MR) is 126 cm³/mol. The number of carbonyl (C=O) groups is 1. The highest BCUT2D eigenvalue weighted by atomic mass is 16.1. The van der Waals surface area contributed by atoms with Crippen molar-refractivity contribution in [3.05, 3.63) is 101 Å². The zero-order valence-electron chi connectivity index (χ0n) is 18.2. The topological polar surface area (TPSA) is 46.9 Å². The van der Waals surface area contributed by atoms with Crippen LogP contribution in [0.3, 0.4) is 0 Å². The third-order valence-electron chi connectivity index (χ3n) is 5.65. The van der Waals surface area contributed by atoms with Gasteiger partial charge in [-0.1, -0.05) is 80.6 Å². The minimum Gasteiger partial charge on any atom is -0.349 e. The van der Waals surface area contributed by atoms with E-state index >= 15 is 0 Å². The first-order valence-corrected chi connectivity index (χ1v) is 10.9. The van der Waals surface area contributed by atoms with E-state index < -0.39 is 0 Å². The quantitative estimate of drug-likeness (QED) is 0.419. The third-order valence-corrected chi connectivity index (χ3v) is 5.65. The van der Waals surface area contributed by atoms with Gasteiger partial charge in [0.05, 0.1) is 17.6 Å². The van der Waals surface area contributed by atoms with Gasteiger partial charge >= 0.3 is 0 Å². The van der Waals surface area contributed by atoms with Crippen molar-refractivity contribution in [2.75, 3.05) is 0 Å². The fourth-order valence-electron chi connectivity index (χ4n) is 3.80. The molecule has 0 atom stereocenters. The Morgan fingerprint density at radius 3 is 2.35 bits per heavy atom. The maximum atomic E-state index is 12.4. The maximum absolute atomic E-state index is 12.4. The van der Waals surface area contributed by atoms with Gasteiger partial charge in [0.1, 0.15) is 5.82 Å². The van der Waals surface area contributed by atoms with Crippen molar-refractivity contribution in [3.8, 4) is 0 Å². The predicted octanol–water partition coefficient (Wildman–Crippen LogP) is 5.46. The summed E-state index contributed by atoms with van der Waals surface area (Å²) in [7, 11) is 0. The lowest BCUT2D eigenvalue weighted by molar-refractivity contribution is -0.121. The second-order valence-electron chi connectivity index (χ2n) is 8.26. The number of imidazole rings is 1. The van der Waals surface area contributed by atoms with Gasteiger partial charge in [0, 0.05) is 13.0 Å². The average Bonchev–Trinajstić information content (AvgIpc) is 3.14. The second kappa shape index (κ2) is 9.61. The van der Waals surface area contributed by atoms with Crippen LogP contribution in [0.25, 0.3) is 11.0 Å². The highest BCUT2D eigenvalue weighted by Crippen LogP contribution is 2.20. The van der Waals surface area contributed by atoms with Crippen molar-refractivity contribution in [2.24, 2.45) is 0 Å². The zero-order chi connectivity index (χ0) is 21.6. The average molecular weight is 412 g/mol. The van der Waals surface area contributed by atoms with Crippen molar-refractivity contribution in [1.82, 2.24) is 14.9 Å². The molecule has 1 N–H and O–H groups in total.